The van der Waals surface area contributed by atoms with Gasteiger partial charge in [-0.1, -0.05) is 38.4 Å². The monoisotopic (exact) mass is 467 g/mol. The van der Waals surface area contributed by atoms with E-state index in [0.29, 0.717) is 41.0 Å². The van der Waals surface area contributed by atoms with Crippen LogP contribution in [0.2, 0.25) is 0 Å². The van der Waals surface area contributed by atoms with Crippen LogP contribution < -0.4 is 15.3 Å². The molecule has 0 bridgehead atoms. The highest BCUT2D eigenvalue weighted by Gasteiger charge is 2.46. The molecule has 1 saturated carbocycles. The summed E-state index contributed by atoms with van der Waals surface area (Å²) in [5.41, 5.74) is 1.84. The van der Waals surface area contributed by atoms with Gasteiger partial charge < -0.3 is 10.2 Å². The number of hydrogen-bond donors (Lipinski definition) is 2. The molecule has 7 nitrogen and oxygen atoms in total. The maximum Gasteiger partial charge on any atom is 0.269 e. The fraction of sp³-hybridized carbons (Fsp3) is 0.636. The number of rotatable bonds is 7. The predicted molar refractivity (Wildman–Crippen MR) is 128 cm³/mol. The third-order valence-electron chi connectivity index (χ3n) is 6.88. The second-order valence-electron chi connectivity index (χ2n) is 9.58. The lowest BCUT2D eigenvalue weighted by atomic mass is 9.66. The van der Waals surface area contributed by atoms with Crippen molar-refractivity contribution < 1.29 is 18.0 Å². The molecule has 2 aliphatic rings. The first-order chi connectivity index (χ1) is 14.4. The van der Waals surface area contributed by atoms with Gasteiger partial charge in [-0.05, 0) is 60.0 Å². The molecular formula is C22H34N3O4PS. The van der Waals surface area contributed by atoms with Gasteiger partial charge in [0.2, 0.25) is 10.0 Å². The van der Waals surface area contributed by atoms with E-state index in [2.05, 4.69) is 45.2 Å². The highest BCUT2D eigenvalue weighted by molar-refractivity contribution is 7.92. The van der Waals surface area contributed by atoms with Crippen molar-refractivity contribution in [3.63, 3.8) is 0 Å². The van der Waals surface area contributed by atoms with Crippen LogP contribution in [0.4, 0.5) is 5.69 Å². The molecule has 0 saturated heterocycles. The van der Waals surface area contributed by atoms with Gasteiger partial charge in [0.15, 0.2) is 0 Å². The summed E-state index contributed by atoms with van der Waals surface area (Å²) in [6.07, 6.45) is 6.92. The minimum Gasteiger partial charge on any atom is -0.388 e. The molecule has 1 amide bonds. The Morgan fingerprint density at radius 1 is 1.32 bits per heavy atom. The first-order valence-corrected chi connectivity index (χ1v) is 13.3. The maximum atomic E-state index is 12.6. The molecule has 1 heterocycles. The van der Waals surface area contributed by atoms with Crippen LogP contribution in [0.5, 0.6) is 0 Å². The molecule has 2 N–H and O–H groups in total. The van der Waals surface area contributed by atoms with Crippen LogP contribution in [0.3, 0.4) is 0 Å². The van der Waals surface area contributed by atoms with E-state index in [-0.39, 0.29) is 11.5 Å². The molecule has 0 aromatic heterocycles. The third-order valence-corrected chi connectivity index (χ3v) is 7.95. The van der Waals surface area contributed by atoms with Gasteiger partial charge >= 0.3 is 0 Å². The number of nitrogens with one attached hydrogen (secondary N) is 2. The lowest BCUT2D eigenvalue weighted by molar-refractivity contribution is -0.115. The summed E-state index contributed by atoms with van der Waals surface area (Å²) < 4.78 is 25.3. The van der Waals surface area contributed by atoms with E-state index < -0.39 is 10.0 Å². The molecule has 1 aliphatic heterocycles. The number of sulfonamides is 1. The average Bonchev–Trinajstić information content (AvgIpc) is 3.11. The zero-order valence-corrected chi connectivity index (χ0v) is 20.8. The van der Waals surface area contributed by atoms with Crippen LogP contribution in [0.25, 0.3) is 0 Å². The lowest BCUT2D eigenvalue weighted by Crippen LogP contribution is -2.40. The molecule has 1 fully saturated rings. The average molecular weight is 468 g/mol. The Morgan fingerprint density at radius 2 is 2.00 bits per heavy atom. The van der Waals surface area contributed by atoms with Crippen molar-refractivity contribution in [2.75, 3.05) is 11.0 Å². The largest absolute Gasteiger partial charge is 0.388 e. The number of nitrogens with zero attached hydrogens (tertiary/aromatic N) is 1. The first-order valence-electron chi connectivity index (χ1n) is 10.8. The van der Waals surface area contributed by atoms with Crippen molar-refractivity contribution >= 4 is 41.9 Å². The standard InChI is InChI=1S/C22H34N3O4PS/c1-5-21(2,3)16-8-10-22(11-9-16)13-18(24-29-22)20(26)23-14-15-6-7-17(19(30)12-15)25-31(4,27)28/h6-7,12,16,25H,5,8-11,13-14,30H2,1-4H3,(H,23,26). The molecule has 1 aromatic rings. The van der Waals surface area contributed by atoms with E-state index in [1.54, 1.807) is 12.1 Å². The number of amides is 1. The fourth-order valence-corrected chi connectivity index (χ4v) is 5.50. The van der Waals surface area contributed by atoms with E-state index in [1.807, 2.05) is 6.07 Å². The number of anilines is 1. The molecule has 3 rings (SSSR count). The Balaban J connectivity index is 1.52. The zero-order valence-electron chi connectivity index (χ0n) is 18.8. The molecule has 1 aliphatic carbocycles. The van der Waals surface area contributed by atoms with Crippen molar-refractivity contribution in [3.05, 3.63) is 23.8 Å². The van der Waals surface area contributed by atoms with Gasteiger partial charge in [-0.15, -0.1) is 9.24 Å². The van der Waals surface area contributed by atoms with Crippen LogP contribution in [0.1, 0.15) is 64.9 Å². The Labute approximate surface area is 188 Å². The number of benzene rings is 1. The molecule has 1 atom stereocenters. The van der Waals surface area contributed by atoms with Gasteiger partial charge in [-0.25, -0.2) is 8.42 Å². The Kier molecular flexibility index (Phi) is 7.02. The minimum atomic E-state index is -3.34. The summed E-state index contributed by atoms with van der Waals surface area (Å²) in [5.74, 6) is 0.474. The number of carbonyl (C=O) groups is 1. The van der Waals surface area contributed by atoms with Gasteiger partial charge in [0.05, 0.1) is 11.9 Å². The topological polar surface area (TPSA) is 96.9 Å². The van der Waals surface area contributed by atoms with Crippen LogP contribution in [0, 0.1) is 11.3 Å². The predicted octanol–water partition coefficient (Wildman–Crippen LogP) is 3.32. The summed E-state index contributed by atoms with van der Waals surface area (Å²) in [4.78, 5) is 18.4. The quantitative estimate of drug-likeness (QED) is 0.601. The van der Waals surface area contributed by atoms with Gasteiger partial charge in [0.25, 0.3) is 5.91 Å². The Morgan fingerprint density at radius 3 is 2.58 bits per heavy atom. The number of carbonyl (C=O) groups excluding carboxylic acids is 1. The van der Waals surface area contributed by atoms with Crippen LogP contribution >= 0.6 is 9.24 Å². The molecule has 31 heavy (non-hydrogen) atoms. The maximum absolute atomic E-state index is 12.6. The van der Waals surface area contributed by atoms with Gasteiger partial charge in [-0.2, -0.15) is 0 Å². The molecule has 172 valence electrons. The fourth-order valence-electron chi connectivity index (χ4n) is 4.42. The van der Waals surface area contributed by atoms with Crippen molar-refractivity contribution in [2.45, 2.75) is 71.4 Å². The van der Waals surface area contributed by atoms with E-state index in [4.69, 9.17) is 4.84 Å². The highest BCUT2D eigenvalue weighted by atomic mass is 32.2. The lowest BCUT2D eigenvalue weighted by Gasteiger charge is -2.41. The second kappa shape index (κ2) is 9.07. The molecule has 1 spiro atoms. The number of oxime groups is 1. The van der Waals surface area contributed by atoms with Gasteiger partial charge in [-0.3, -0.25) is 9.52 Å². The molecule has 9 heteroatoms. The van der Waals surface area contributed by atoms with E-state index in [1.165, 1.54) is 6.42 Å². The van der Waals surface area contributed by atoms with Crippen molar-refractivity contribution in [1.82, 2.24) is 5.32 Å². The van der Waals surface area contributed by atoms with Crippen molar-refractivity contribution in [1.29, 1.82) is 0 Å². The summed E-state index contributed by atoms with van der Waals surface area (Å²) in [7, 11) is -0.830. The SMILES string of the molecule is CCC(C)(C)C1CCC2(CC1)CC(C(=O)NCc1ccc(NS(C)(=O)=O)c(P)c1)=NO2. The van der Waals surface area contributed by atoms with Crippen LogP contribution in [-0.2, 0) is 26.2 Å². The summed E-state index contributed by atoms with van der Waals surface area (Å²) in [5, 5.41) is 7.74. The Hall–Kier alpha value is -1.66. The molecule has 1 unspecified atom stereocenters. The first kappa shape index (κ1) is 24.0. The van der Waals surface area contributed by atoms with Crippen molar-refractivity contribution in [2.24, 2.45) is 16.5 Å². The summed E-state index contributed by atoms with van der Waals surface area (Å²) in [6, 6.07) is 5.29. The van der Waals surface area contributed by atoms with Crippen LogP contribution in [-0.4, -0.2) is 31.9 Å². The number of hydrogen-bond acceptors (Lipinski definition) is 5. The molecular weight excluding hydrogens is 433 g/mol. The summed E-state index contributed by atoms with van der Waals surface area (Å²) in [6.45, 7) is 7.26. The normalized spacial score (nSPS) is 23.9. The zero-order chi connectivity index (χ0) is 22.9. The molecule has 0 radical (unpaired) electrons. The smallest absolute Gasteiger partial charge is 0.269 e. The summed E-state index contributed by atoms with van der Waals surface area (Å²) >= 11 is 0. The molecule has 1 aromatic carbocycles. The second-order valence-corrected chi connectivity index (χ2v) is 12.0. The third kappa shape index (κ3) is 5.98. The van der Waals surface area contributed by atoms with E-state index >= 15 is 0 Å². The van der Waals surface area contributed by atoms with E-state index in [9.17, 15) is 13.2 Å². The highest BCUT2D eigenvalue weighted by Crippen LogP contribution is 2.47. The van der Waals surface area contributed by atoms with Gasteiger partial charge in [0.1, 0.15) is 11.3 Å². The van der Waals surface area contributed by atoms with Crippen molar-refractivity contribution in [3.8, 4) is 0 Å². The Bertz CT molecular complexity index is 967. The van der Waals surface area contributed by atoms with E-state index in [0.717, 1.165) is 37.5 Å². The van der Waals surface area contributed by atoms with Crippen LogP contribution in [0.15, 0.2) is 23.4 Å². The minimum absolute atomic E-state index is 0.212. The van der Waals surface area contributed by atoms with Gasteiger partial charge in [0, 0.05) is 13.0 Å².